The summed E-state index contributed by atoms with van der Waals surface area (Å²) in [4.78, 5) is 21.2. The van der Waals surface area contributed by atoms with Crippen LogP contribution in [0.15, 0.2) is 30.5 Å². The number of carbonyl (C=O) groups is 1. The van der Waals surface area contributed by atoms with Crippen LogP contribution in [0.2, 0.25) is 0 Å². The number of hydrogen-bond acceptors (Lipinski definition) is 4. The summed E-state index contributed by atoms with van der Waals surface area (Å²) >= 11 is 0. The summed E-state index contributed by atoms with van der Waals surface area (Å²) in [5.41, 5.74) is 2.35. The Labute approximate surface area is 199 Å². The molecule has 1 aromatic carbocycles. The highest BCUT2D eigenvalue weighted by atomic mass is 16.5. The van der Waals surface area contributed by atoms with Crippen molar-refractivity contribution in [2.45, 2.75) is 77.7 Å². The summed E-state index contributed by atoms with van der Waals surface area (Å²) in [7, 11) is 0. The molecule has 1 amide bonds. The molecule has 0 saturated carbocycles. The molecule has 0 aliphatic carbocycles. The van der Waals surface area contributed by atoms with E-state index >= 15 is 0 Å². The van der Waals surface area contributed by atoms with Gasteiger partial charge in [0, 0.05) is 44.2 Å². The molecule has 2 aliphatic heterocycles. The van der Waals surface area contributed by atoms with Gasteiger partial charge in [0.15, 0.2) is 0 Å². The Morgan fingerprint density at radius 3 is 2.61 bits per heavy atom. The second-order valence-corrected chi connectivity index (χ2v) is 9.90. The first-order valence-corrected chi connectivity index (χ1v) is 13.2. The number of likely N-dealkylation sites (tertiary alicyclic amines) is 2. The average Bonchev–Trinajstić information content (AvgIpc) is 2.87. The van der Waals surface area contributed by atoms with Crippen LogP contribution >= 0.6 is 0 Å². The van der Waals surface area contributed by atoms with Crippen LogP contribution in [0.5, 0.6) is 5.75 Å². The molecule has 0 N–H and O–H groups in total. The third-order valence-electron chi connectivity index (χ3n) is 7.50. The van der Waals surface area contributed by atoms with Crippen molar-refractivity contribution in [3.8, 4) is 5.75 Å². The van der Waals surface area contributed by atoms with Gasteiger partial charge < -0.3 is 14.5 Å². The maximum absolute atomic E-state index is 11.9. The number of aryl methyl sites for hydroxylation is 1. The first kappa shape index (κ1) is 24.0. The van der Waals surface area contributed by atoms with E-state index in [4.69, 9.17) is 4.74 Å². The van der Waals surface area contributed by atoms with E-state index in [2.05, 4.69) is 39.9 Å². The van der Waals surface area contributed by atoms with E-state index in [0.717, 1.165) is 62.6 Å². The van der Waals surface area contributed by atoms with Crippen LogP contribution in [0.1, 0.15) is 70.8 Å². The molecule has 1 aromatic heterocycles. The molecule has 2 saturated heterocycles. The molecule has 2 aliphatic rings. The van der Waals surface area contributed by atoms with Gasteiger partial charge in [-0.3, -0.25) is 9.78 Å². The zero-order valence-electron chi connectivity index (χ0n) is 20.6. The van der Waals surface area contributed by atoms with Crippen LogP contribution < -0.4 is 4.74 Å². The van der Waals surface area contributed by atoms with Crippen molar-refractivity contribution in [3.63, 3.8) is 0 Å². The van der Waals surface area contributed by atoms with Gasteiger partial charge in [0.25, 0.3) is 0 Å². The Hall–Kier alpha value is -2.14. The summed E-state index contributed by atoms with van der Waals surface area (Å²) in [6.07, 6.45) is 12.0. The van der Waals surface area contributed by atoms with E-state index in [1.54, 1.807) is 0 Å². The molecule has 0 unspecified atom stereocenters. The molecule has 0 radical (unpaired) electrons. The van der Waals surface area contributed by atoms with Gasteiger partial charge in [-0.05, 0) is 81.2 Å². The van der Waals surface area contributed by atoms with Gasteiger partial charge in [0.1, 0.15) is 17.4 Å². The molecule has 2 fully saturated rings. The fourth-order valence-electron chi connectivity index (χ4n) is 5.32. The van der Waals surface area contributed by atoms with Crippen LogP contribution in [0.4, 0.5) is 0 Å². The molecular formula is C28H41N3O2. The number of amides is 1. The monoisotopic (exact) mass is 451 g/mol. The largest absolute Gasteiger partial charge is 0.488 e. The SMILES string of the molecule is CCCCc1cc(OC2CCN(CCC3CCN(C(=O)CC)CC3)CC2)c2ncccc2c1. The Morgan fingerprint density at radius 1 is 1.09 bits per heavy atom. The number of carbonyl (C=O) groups excluding carboxylic acids is 1. The van der Waals surface area contributed by atoms with Gasteiger partial charge in [-0.1, -0.05) is 26.3 Å². The number of hydrogen-bond donors (Lipinski definition) is 0. The smallest absolute Gasteiger partial charge is 0.222 e. The minimum Gasteiger partial charge on any atom is -0.488 e. The van der Waals surface area contributed by atoms with E-state index in [-0.39, 0.29) is 6.10 Å². The molecule has 5 nitrogen and oxygen atoms in total. The van der Waals surface area contributed by atoms with Crippen LogP contribution in [-0.2, 0) is 11.2 Å². The minimum atomic E-state index is 0.274. The lowest BCUT2D eigenvalue weighted by Crippen LogP contribution is -2.41. The minimum absolute atomic E-state index is 0.274. The third-order valence-corrected chi connectivity index (χ3v) is 7.50. The number of unbranched alkanes of at least 4 members (excludes halogenated alkanes) is 1. The average molecular weight is 452 g/mol. The lowest BCUT2D eigenvalue weighted by atomic mass is 9.93. The van der Waals surface area contributed by atoms with Gasteiger partial charge in [0.2, 0.25) is 5.91 Å². The molecule has 5 heteroatoms. The van der Waals surface area contributed by atoms with E-state index in [0.29, 0.717) is 12.3 Å². The van der Waals surface area contributed by atoms with Crippen LogP contribution in [0.3, 0.4) is 0 Å². The Bertz CT molecular complexity index is 899. The summed E-state index contributed by atoms with van der Waals surface area (Å²) in [5.74, 6) is 2.05. The van der Waals surface area contributed by atoms with Crippen LogP contribution in [0, 0.1) is 5.92 Å². The zero-order valence-corrected chi connectivity index (χ0v) is 20.6. The predicted octanol–water partition coefficient (Wildman–Crippen LogP) is 5.46. The molecule has 0 bridgehead atoms. The van der Waals surface area contributed by atoms with Gasteiger partial charge in [-0.2, -0.15) is 0 Å². The molecular weight excluding hydrogens is 410 g/mol. The summed E-state index contributed by atoms with van der Waals surface area (Å²) in [6.45, 7) is 9.50. The van der Waals surface area contributed by atoms with Gasteiger partial charge in [0.05, 0.1) is 0 Å². The standard InChI is InChI=1S/C28H41N3O2/c1-3-5-7-23-20-24-8-6-14-29-28(24)26(21-23)33-25-12-16-30(17-13-25)15-9-22-10-18-31(19-11-22)27(32)4-2/h6,8,14,20-22,25H,3-5,7,9-13,15-19H2,1-2H3. The lowest BCUT2D eigenvalue weighted by molar-refractivity contribution is -0.132. The molecule has 2 aromatic rings. The first-order valence-electron chi connectivity index (χ1n) is 13.2. The molecule has 3 heterocycles. The number of rotatable bonds is 9. The summed E-state index contributed by atoms with van der Waals surface area (Å²) in [6, 6.07) is 8.67. The van der Waals surface area contributed by atoms with Crippen molar-refractivity contribution in [2.24, 2.45) is 5.92 Å². The van der Waals surface area contributed by atoms with E-state index < -0.39 is 0 Å². The topological polar surface area (TPSA) is 45.7 Å². The van der Waals surface area contributed by atoms with Gasteiger partial charge in [-0.25, -0.2) is 0 Å². The van der Waals surface area contributed by atoms with Crippen molar-refractivity contribution < 1.29 is 9.53 Å². The number of ether oxygens (including phenoxy) is 1. The number of nitrogens with zero attached hydrogens (tertiary/aromatic N) is 3. The first-order chi connectivity index (χ1) is 16.2. The quantitative estimate of drug-likeness (QED) is 0.508. The number of aromatic nitrogens is 1. The predicted molar refractivity (Wildman–Crippen MR) is 135 cm³/mol. The van der Waals surface area contributed by atoms with Crippen molar-refractivity contribution in [1.82, 2.24) is 14.8 Å². The summed E-state index contributed by atoms with van der Waals surface area (Å²) in [5, 5.41) is 1.19. The number of fused-ring (bicyclic) bond motifs is 1. The van der Waals surface area contributed by atoms with Crippen molar-refractivity contribution in [2.75, 3.05) is 32.7 Å². The molecule has 180 valence electrons. The van der Waals surface area contributed by atoms with Crippen LogP contribution in [0.25, 0.3) is 10.9 Å². The van der Waals surface area contributed by atoms with E-state index in [1.807, 2.05) is 19.2 Å². The molecule has 33 heavy (non-hydrogen) atoms. The normalized spacial score (nSPS) is 18.7. The van der Waals surface area contributed by atoms with Crippen molar-refractivity contribution >= 4 is 16.8 Å². The molecule has 0 atom stereocenters. The highest BCUT2D eigenvalue weighted by molar-refractivity contribution is 5.85. The van der Waals surface area contributed by atoms with Gasteiger partial charge >= 0.3 is 0 Å². The van der Waals surface area contributed by atoms with E-state index in [9.17, 15) is 4.79 Å². The maximum atomic E-state index is 11.9. The molecule has 4 rings (SSSR count). The fraction of sp³-hybridized carbons (Fsp3) is 0.643. The maximum Gasteiger partial charge on any atom is 0.222 e. The van der Waals surface area contributed by atoms with Crippen LogP contribution in [-0.4, -0.2) is 59.5 Å². The molecule has 0 spiro atoms. The van der Waals surface area contributed by atoms with E-state index in [1.165, 1.54) is 49.6 Å². The Balaban J connectivity index is 1.25. The Morgan fingerprint density at radius 2 is 1.88 bits per heavy atom. The highest BCUT2D eigenvalue weighted by Gasteiger charge is 2.25. The Kier molecular flexibility index (Phi) is 8.60. The lowest BCUT2D eigenvalue weighted by Gasteiger charge is -2.35. The highest BCUT2D eigenvalue weighted by Crippen LogP contribution is 2.29. The van der Waals surface area contributed by atoms with Crippen molar-refractivity contribution in [1.29, 1.82) is 0 Å². The number of pyridine rings is 1. The second-order valence-electron chi connectivity index (χ2n) is 9.90. The summed E-state index contributed by atoms with van der Waals surface area (Å²) < 4.78 is 6.55. The second kappa shape index (κ2) is 11.8. The number of benzene rings is 1. The third kappa shape index (κ3) is 6.47. The zero-order chi connectivity index (χ0) is 23.0. The fourth-order valence-corrected chi connectivity index (χ4v) is 5.32. The van der Waals surface area contributed by atoms with Crippen molar-refractivity contribution in [3.05, 3.63) is 36.0 Å². The number of piperidine rings is 2. The van der Waals surface area contributed by atoms with Gasteiger partial charge in [-0.15, -0.1) is 0 Å².